The second kappa shape index (κ2) is 30.6. The lowest BCUT2D eigenvalue weighted by Crippen LogP contribution is -2.55. The number of hydrazine groups is 2. The molecule has 5 aromatic rings. The molecule has 105 heavy (non-hydrogen) atoms. The molecule has 2 spiro atoms. The fourth-order valence-electron chi connectivity index (χ4n) is 15.0. The van der Waals surface area contributed by atoms with E-state index in [0.717, 1.165) is 64.5 Å². The summed E-state index contributed by atoms with van der Waals surface area (Å²) < 4.78 is 29.9. The highest BCUT2D eigenvalue weighted by atomic mass is 16.6. The van der Waals surface area contributed by atoms with Crippen LogP contribution in [-0.4, -0.2) is 170 Å². The van der Waals surface area contributed by atoms with Crippen LogP contribution in [0.1, 0.15) is 148 Å². The molecule has 9 amide bonds. The largest absolute Gasteiger partial charge is 0.493 e. The zero-order chi connectivity index (χ0) is 74.0. The summed E-state index contributed by atoms with van der Waals surface area (Å²) in [5, 5.41) is 30.7. The van der Waals surface area contributed by atoms with Crippen LogP contribution in [0, 0.1) is 16.7 Å². The second-order valence-corrected chi connectivity index (χ2v) is 29.4. The Morgan fingerprint density at radius 1 is 0.648 bits per heavy atom. The van der Waals surface area contributed by atoms with E-state index in [1.807, 2.05) is 59.5 Å². The molecular formula is C77H93N13O15. The van der Waals surface area contributed by atoms with Crippen molar-refractivity contribution in [3.63, 3.8) is 0 Å². The van der Waals surface area contributed by atoms with Crippen LogP contribution in [0.5, 0.6) is 23.0 Å². The van der Waals surface area contributed by atoms with Gasteiger partial charge in [-0.25, -0.2) is 9.69 Å². The molecular weight excluding hydrogens is 1350 g/mol. The molecule has 2 saturated heterocycles. The Kier molecular flexibility index (Phi) is 21.2. The molecule has 9 N–H and O–H groups in total. The SMILES string of the molecule is COc1cc2c(cc1OCCCCCOc1cc3c(cc1OC)C(=O)N1CC4(CC4)C[C@H]1C(O)N3C(=O)OCc1ccc(NC(=O)[C@H](C)NC(=O)[C@@H](NC(=O)CNC(=O)CNC(=O)CCC(=O)N3Cc4ccccc4C4=C(NNN4C(C)C)c4ccccc43)C(C)C)cc1)NC[C@@H]1CC3(CC3)CN1C2=O. The van der Waals surface area contributed by atoms with E-state index in [9.17, 15) is 48.3 Å². The number of carbonyl (C=O) groups is 9. The Labute approximate surface area is 609 Å². The molecule has 2 saturated carbocycles. The highest BCUT2D eigenvalue weighted by Crippen LogP contribution is 2.58. The van der Waals surface area contributed by atoms with Crippen molar-refractivity contribution in [1.29, 1.82) is 0 Å². The van der Waals surface area contributed by atoms with Gasteiger partial charge in [0.1, 0.15) is 18.7 Å². The summed E-state index contributed by atoms with van der Waals surface area (Å²) in [7, 11) is 3.03. The first-order valence-corrected chi connectivity index (χ1v) is 36.3. The van der Waals surface area contributed by atoms with E-state index in [4.69, 9.17) is 23.7 Å². The van der Waals surface area contributed by atoms with Gasteiger partial charge in [0.2, 0.25) is 35.4 Å². The third kappa shape index (κ3) is 15.6. The zero-order valence-corrected chi connectivity index (χ0v) is 60.3. The van der Waals surface area contributed by atoms with Crippen LogP contribution < -0.4 is 71.6 Å². The minimum atomic E-state index is -1.47. The third-order valence-corrected chi connectivity index (χ3v) is 21.3. The predicted octanol–water partition coefficient (Wildman–Crippen LogP) is 6.92. The van der Waals surface area contributed by atoms with Crippen molar-refractivity contribution in [2.75, 3.05) is 80.6 Å². The molecule has 5 atom stereocenters. The van der Waals surface area contributed by atoms with Crippen LogP contribution >= 0.6 is 0 Å². The van der Waals surface area contributed by atoms with Gasteiger partial charge in [-0.05, 0) is 137 Å². The molecule has 6 heterocycles. The number of amides is 9. The maximum atomic E-state index is 14.5. The highest BCUT2D eigenvalue weighted by Gasteiger charge is 2.58. The van der Waals surface area contributed by atoms with Crippen molar-refractivity contribution in [3.05, 3.63) is 130 Å². The van der Waals surface area contributed by atoms with E-state index >= 15 is 0 Å². The number of rotatable bonds is 26. The fourth-order valence-corrected chi connectivity index (χ4v) is 15.0. The van der Waals surface area contributed by atoms with Crippen LogP contribution in [0.4, 0.5) is 27.5 Å². The summed E-state index contributed by atoms with van der Waals surface area (Å²) in [5.41, 5.74) is 14.3. The van der Waals surface area contributed by atoms with Crippen molar-refractivity contribution in [1.82, 2.24) is 47.0 Å². The number of aliphatic hydroxyl groups is 1. The Morgan fingerprint density at radius 3 is 1.98 bits per heavy atom. The molecule has 2 aliphatic carbocycles. The van der Waals surface area contributed by atoms with Gasteiger partial charge in [-0.15, -0.1) is 5.53 Å². The molecule has 8 aliphatic rings. The number of hydrogen-bond acceptors (Lipinski definition) is 19. The van der Waals surface area contributed by atoms with Crippen molar-refractivity contribution in [2.24, 2.45) is 16.7 Å². The van der Waals surface area contributed by atoms with Crippen LogP contribution in [0.2, 0.25) is 0 Å². The van der Waals surface area contributed by atoms with E-state index in [-0.39, 0.29) is 90.6 Å². The summed E-state index contributed by atoms with van der Waals surface area (Å²) in [5.74, 6) is -2.67. The van der Waals surface area contributed by atoms with Crippen LogP contribution in [0.3, 0.4) is 0 Å². The molecule has 6 aliphatic heterocycles. The van der Waals surface area contributed by atoms with Gasteiger partial charge in [-0.1, -0.05) is 68.4 Å². The van der Waals surface area contributed by atoms with Gasteiger partial charge in [0.25, 0.3) is 11.8 Å². The number of hydrogen-bond donors (Lipinski definition) is 9. The lowest BCUT2D eigenvalue weighted by Gasteiger charge is -2.31. The van der Waals surface area contributed by atoms with Crippen LogP contribution in [0.15, 0.2) is 97.1 Å². The number of unbranched alkanes of at least 4 members (excludes halogenated alkanes) is 2. The Balaban J connectivity index is 0.554. The highest BCUT2D eigenvalue weighted by molar-refractivity contribution is 6.07. The van der Waals surface area contributed by atoms with Gasteiger partial charge in [-0.2, -0.15) is 0 Å². The number of anilines is 4. The number of nitrogens with one attached hydrogen (secondary N) is 8. The van der Waals surface area contributed by atoms with Crippen LogP contribution in [0.25, 0.3) is 11.4 Å². The van der Waals surface area contributed by atoms with Crippen molar-refractivity contribution in [3.8, 4) is 23.0 Å². The zero-order valence-electron chi connectivity index (χ0n) is 60.3. The van der Waals surface area contributed by atoms with Gasteiger partial charge in [0, 0.05) is 73.5 Å². The Bertz CT molecular complexity index is 4250. The third-order valence-electron chi connectivity index (χ3n) is 21.3. The number of methoxy groups -OCH3 is 2. The monoisotopic (exact) mass is 1440 g/mol. The number of benzene rings is 5. The maximum Gasteiger partial charge on any atom is 0.416 e. The summed E-state index contributed by atoms with van der Waals surface area (Å²) in [6.45, 7) is 10.6. The standard InChI is InChI=1S/C77H93N13O15/c1-44(2)67(83-65(93)39-80-64(92)38-79-63(91)23-24-66(94)86-40-48-15-9-10-16-51(48)69-68(84-85-90(69)45(3)4)52-17-11-12-18-56(52)86)71(96)81-46(5)70(95)82-49-21-19-47(20-22-49)41-105-75(100)89-57-34-62(60(102-7)32-54(57)73(98)88-43-77(27-28-77)36-58(88)74(89)99)104-30-14-8-13-29-103-61-33-55-53(31-59(61)101-6)72(97)87-42-76(25-26-76)35-50(87)37-78-55/h9-12,15-22,31-34,44-46,50,58,67,74,78,84-85,99H,8,13-14,23-30,35-43H2,1-7H3,(H,79,91)(H,80,92)(H,81,96)(H,82,95)(H,83,93)/t46-,50-,58-,67-,74?/m0/s1. The molecule has 1 unspecified atom stereocenters. The molecule has 0 bridgehead atoms. The van der Waals surface area contributed by atoms with Gasteiger partial charge < -0.3 is 80.8 Å². The van der Waals surface area contributed by atoms with Crippen molar-refractivity contribution >= 4 is 87.5 Å². The number of carbonyl (C=O) groups excluding carboxylic acids is 9. The maximum absolute atomic E-state index is 14.5. The summed E-state index contributed by atoms with van der Waals surface area (Å²) in [6, 6.07) is 26.0. The first-order valence-electron chi connectivity index (χ1n) is 36.3. The topological polar surface area (TPSA) is 332 Å². The molecule has 556 valence electrons. The molecule has 28 nitrogen and oxygen atoms in total. The van der Waals surface area contributed by atoms with Gasteiger partial charge in [0.15, 0.2) is 29.2 Å². The van der Waals surface area contributed by atoms with E-state index in [2.05, 4.69) is 61.7 Å². The van der Waals surface area contributed by atoms with Gasteiger partial charge >= 0.3 is 6.09 Å². The normalized spacial score (nSPS) is 19.5. The average molecular weight is 1440 g/mol. The molecule has 13 rings (SSSR count). The van der Waals surface area contributed by atoms with Crippen LogP contribution in [-0.2, 0) is 46.7 Å². The number of fused-ring (bicyclic) bond motifs is 8. The first-order chi connectivity index (χ1) is 50.5. The second-order valence-electron chi connectivity index (χ2n) is 29.4. The van der Waals surface area contributed by atoms with E-state index < -0.39 is 79.0 Å². The van der Waals surface area contributed by atoms with E-state index in [1.165, 1.54) is 32.9 Å². The Hall–Kier alpha value is -10.6. The van der Waals surface area contributed by atoms with Gasteiger partial charge in [0.05, 0.1) is 92.7 Å². The molecule has 0 aromatic heterocycles. The number of aliphatic hydroxyl groups excluding tert-OH is 1. The Morgan fingerprint density at radius 2 is 1.29 bits per heavy atom. The lowest BCUT2D eigenvalue weighted by atomic mass is 9.95. The summed E-state index contributed by atoms with van der Waals surface area (Å²) >= 11 is 0. The van der Waals surface area contributed by atoms with Crippen molar-refractivity contribution in [2.45, 2.75) is 155 Å². The number of nitrogens with zero attached hydrogens (tertiary/aromatic N) is 5. The number of para-hydroxylation sites is 1. The van der Waals surface area contributed by atoms with E-state index in [0.29, 0.717) is 84.8 Å². The van der Waals surface area contributed by atoms with Gasteiger partial charge in [-0.3, -0.25) is 43.4 Å². The molecule has 4 fully saturated rings. The minimum Gasteiger partial charge on any atom is -0.493 e. The average Bonchev–Trinajstić information content (AvgIpc) is 1.59. The lowest BCUT2D eigenvalue weighted by molar-refractivity contribution is -0.132. The molecule has 0 radical (unpaired) electrons. The fraction of sp³-hybridized carbons (Fsp3) is 0.468. The molecule has 28 heteroatoms. The van der Waals surface area contributed by atoms with Crippen molar-refractivity contribution < 1.29 is 71.9 Å². The summed E-state index contributed by atoms with van der Waals surface area (Å²) in [6.07, 6.45) is 4.96. The molecule has 5 aromatic carbocycles. The first kappa shape index (κ1) is 72.7. The summed E-state index contributed by atoms with van der Waals surface area (Å²) in [4.78, 5) is 129. The quantitative estimate of drug-likeness (QED) is 0.0254. The van der Waals surface area contributed by atoms with E-state index in [1.54, 1.807) is 67.2 Å². The predicted molar refractivity (Wildman–Crippen MR) is 389 cm³/mol. The smallest absolute Gasteiger partial charge is 0.416 e. The number of ether oxygens (including phenoxy) is 5. The minimum absolute atomic E-state index is 0.0187.